The molecule has 1 atom stereocenters. The smallest absolute Gasteiger partial charge is 0.145 e. The summed E-state index contributed by atoms with van der Waals surface area (Å²) in [6.07, 6.45) is -0.0000312. The van der Waals surface area contributed by atoms with Crippen LogP contribution in [0.1, 0.15) is 48.0 Å². The molecule has 0 saturated heterocycles. The lowest BCUT2D eigenvalue weighted by Gasteiger charge is -2.25. The first-order chi connectivity index (χ1) is 6.70. The molecule has 3 heteroatoms. The van der Waals surface area contributed by atoms with E-state index in [2.05, 4.69) is 25.8 Å². The molecule has 0 aromatic heterocycles. The molecule has 0 aromatic rings. The van der Waals surface area contributed by atoms with Crippen LogP contribution in [0.5, 0.6) is 0 Å². The number of hydrogen-bond acceptors (Lipinski definition) is 3. The number of allylic oxidation sites excluding steroid dienone is 2. The molecule has 0 amide bonds. The van der Waals surface area contributed by atoms with Crippen molar-refractivity contribution < 1.29 is 5.11 Å². The van der Waals surface area contributed by atoms with E-state index >= 15 is 0 Å². The summed E-state index contributed by atoms with van der Waals surface area (Å²) in [6.45, 7) is 12.0. The van der Waals surface area contributed by atoms with Gasteiger partial charge in [0.1, 0.15) is 6.23 Å². The summed E-state index contributed by atoms with van der Waals surface area (Å²) in [7, 11) is 0. The summed E-state index contributed by atoms with van der Waals surface area (Å²) >= 11 is 0. The molecule has 0 aromatic carbocycles. The molecule has 88 valence electrons. The zero-order valence-corrected chi connectivity index (χ0v) is 10.8. The van der Waals surface area contributed by atoms with Gasteiger partial charge in [0, 0.05) is 11.4 Å². The van der Waals surface area contributed by atoms with E-state index in [9.17, 15) is 5.11 Å². The highest BCUT2D eigenvalue weighted by Gasteiger charge is 2.21. The second-order valence-corrected chi connectivity index (χ2v) is 4.91. The number of nitrogens with two attached hydrogens (primary N) is 1. The van der Waals surface area contributed by atoms with Crippen molar-refractivity contribution in [1.82, 2.24) is 0 Å². The largest absolute Gasteiger partial charge is 0.402 e. The zero-order valence-electron chi connectivity index (χ0n) is 10.8. The van der Waals surface area contributed by atoms with Crippen LogP contribution in [-0.2, 0) is 0 Å². The molecule has 0 aliphatic rings. The lowest BCUT2D eigenvalue weighted by molar-refractivity contribution is 0.180. The van der Waals surface area contributed by atoms with E-state index in [0.717, 1.165) is 17.0 Å². The van der Waals surface area contributed by atoms with Crippen LogP contribution in [-0.4, -0.2) is 17.0 Å². The van der Waals surface area contributed by atoms with Crippen molar-refractivity contribution in [3.05, 3.63) is 11.3 Å². The Balaban J connectivity index is 5.16. The fraction of sp³-hybridized carbons (Fsp3) is 0.750. The Morgan fingerprint density at radius 2 is 1.80 bits per heavy atom. The van der Waals surface area contributed by atoms with Crippen LogP contribution in [0.15, 0.2) is 16.3 Å². The van der Waals surface area contributed by atoms with Gasteiger partial charge >= 0.3 is 0 Å². The SMILES string of the molecule is CCC(O)/N=C(C)\C(=C(\C)N)C(C)(C)C. The molecule has 0 fully saturated rings. The van der Waals surface area contributed by atoms with Crippen molar-refractivity contribution in [2.75, 3.05) is 0 Å². The predicted molar refractivity (Wildman–Crippen MR) is 65.7 cm³/mol. The molecule has 0 radical (unpaired) electrons. The first-order valence-electron chi connectivity index (χ1n) is 5.39. The molecule has 0 saturated carbocycles. The molecule has 3 N–H and O–H groups in total. The zero-order chi connectivity index (χ0) is 12.2. The fourth-order valence-corrected chi connectivity index (χ4v) is 1.80. The van der Waals surface area contributed by atoms with E-state index in [1.165, 1.54) is 0 Å². The van der Waals surface area contributed by atoms with Gasteiger partial charge in [-0.25, -0.2) is 0 Å². The average molecular weight is 212 g/mol. The van der Waals surface area contributed by atoms with Gasteiger partial charge < -0.3 is 10.8 Å². The van der Waals surface area contributed by atoms with Crippen LogP contribution in [0, 0.1) is 5.41 Å². The van der Waals surface area contributed by atoms with E-state index in [1.807, 2.05) is 20.8 Å². The van der Waals surface area contributed by atoms with Gasteiger partial charge in [-0.05, 0) is 31.3 Å². The Bertz CT molecular complexity index is 268. The Kier molecular flexibility index (Phi) is 5.01. The summed E-state index contributed by atoms with van der Waals surface area (Å²) in [5.74, 6) is 0. The number of aliphatic imine (C=N–C) groups is 1. The van der Waals surface area contributed by atoms with Gasteiger partial charge in [0.2, 0.25) is 0 Å². The monoisotopic (exact) mass is 212 g/mol. The highest BCUT2D eigenvalue weighted by atomic mass is 16.3. The number of nitrogens with zero attached hydrogens (tertiary/aromatic N) is 1. The van der Waals surface area contributed by atoms with Gasteiger partial charge in [-0.2, -0.15) is 0 Å². The highest BCUT2D eigenvalue weighted by molar-refractivity contribution is 5.99. The van der Waals surface area contributed by atoms with Crippen molar-refractivity contribution in [2.24, 2.45) is 16.1 Å². The number of aliphatic hydroxyl groups is 1. The molecule has 0 bridgehead atoms. The maximum absolute atomic E-state index is 9.47. The quantitative estimate of drug-likeness (QED) is 0.706. The van der Waals surface area contributed by atoms with Gasteiger partial charge in [0.05, 0.1) is 0 Å². The lowest BCUT2D eigenvalue weighted by Crippen LogP contribution is -2.22. The Morgan fingerprint density at radius 1 is 1.33 bits per heavy atom. The van der Waals surface area contributed by atoms with Crippen molar-refractivity contribution in [1.29, 1.82) is 0 Å². The molecule has 0 spiro atoms. The van der Waals surface area contributed by atoms with E-state index in [4.69, 9.17) is 5.73 Å². The van der Waals surface area contributed by atoms with Gasteiger partial charge in [-0.15, -0.1) is 0 Å². The standard InChI is InChI=1S/C12H24N2O/c1-7-10(15)14-9(3)11(8(2)13)12(4,5)6/h10,15H,7,13H2,1-6H3/b11-8+,14-9-. The third-order valence-electron chi connectivity index (χ3n) is 2.21. The van der Waals surface area contributed by atoms with Crippen molar-refractivity contribution in [2.45, 2.75) is 54.2 Å². The minimum Gasteiger partial charge on any atom is -0.402 e. The van der Waals surface area contributed by atoms with Gasteiger partial charge in [-0.1, -0.05) is 27.7 Å². The molecule has 0 rings (SSSR count). The number of aliphatic hydroxyl groups excluding tert-OH is 1. The van der Waals surface area contributed by atoms with Gasteiger partial charge in [-0.3, -0.25) is 4.99 Å². The second kappa shape index (κ2) is 5.31. The molecule has 1 unspecified atom stereocenters. The van der Waals surface area contributed by atoms with Gasteiger partial charge in [0.15, 0.2) is 0 Å². The van der Waals surface area contributed by atoms with E-state index in [-0.39, 0.29) is 5.41 Å². The Morgan fingerprint density at radius 3 is 2.07 bits per heavy atom. The summed E-state index contributed by atoms with van der Waals surface area (Å²) in [6, 6.07) is 0. The highest BCUT2D eigenvalue weighted by Crippen LogP contribution is 2.28. The van der Waals surface area contributed by atoms with Crippen molar-refractivity contribution in [3.8, 4) is 0 Å². The summed E-state index contributed by atoms with van der Waals surface area (Å²) in [4.78, 5) is 4.22. The maximum atomic E-state index is 9.47. The van der Waals surface area contributed by atoms with Crippen LogP contribution in [0.25, 0.3) is 0 Å². The average Bonchev–Trinajstić information content (AvgIpc) is 1.99. The third kappa shape index (κ3) is 4.47. The van der Waals surface area contributed by atoms with Crippen molar-refractivity contribution in [3.63, 3.8) is 0 Å². The summed E-state index contributed by atoms with van der Waals surface area (Å²) < 4.78 is 0. The van der Waals surface area contributed by atoms with Crippen LogP contribution < -0.4 is 5.73 Å². The molecular formula is C12H24N2O. The maximum Gasteiger partial charge on any atom is 0.145 e. The first kappa shape index (κ1) is 14.2. The third-order valence-corrected chi connectivity index (χ3v) is 2.21. The minimum atomic E-state index is -0.623. The number of rotatable bonds is 3. The fourth-order valence-electron chi connectivity index (χ4n) is 1.80. The van der Waals surface area contributed by atoms with Crippen molar-refractivity contribution >= 4 is 5.71 Å². The molecule has 0 aliphatic carbocycles. The topological polar surface area (TPSA) is 58.6 Å². The molecule has 15 heavy (non-hydrogen) atoms. The van der Waals surface area contributed by atoms with E-state index in [1.54, 1.807) is 0 Å². The van der Waals surface area contributed by atoms with Gasteiger partial charge in [0.25, 0.3) is 0 Å². The van der Waals surface area contributed by atoms with Crippen LogP contribution >= 0.6 is 0 Å². The first-order valence-corrected chi connectivity index (χ1v) is 5.39. The van der Waals surface area contributed by atoms with Crippen LogP contribution in [0.2, 0.25) is 0 Å². The second-order valence-electron chi connectivity index (χ2n) is 4.91. The number of hydrogen-bond donors (Lipinski definition) is 2. The van der Waals surface area contributed by atoms with E-state index in [0.29, 0.717) is 6.42 Å². The lowest BCUT2D eigenvalue weighted by atomic mass is 9.82. The molecule has 0 heterocycles. The molecule has 3 nitrogen and oxygen atoms in total. The Hall–Kier alpha value is -0.830. The Labute approximate surface area is 93.1 Å². The van der Waals surface area contributed by atoms with Crippen LogP contribution in [0.3, 0.4) is 0 Å². The predicted octanol–water partition coefficient (Wildman–Crippen LogP) is 2.45. The molecule has 0 aliphatic heterocycles. The normalized spacial score (nSPS) is 17.4. The summed E-state index contributed by atoms with van der Waals surface area (Å²) in [5, 5.41) is 9.47. The molecular weight excluding hydrogens is 188 g/mol. The minimum absolute atomic E-state index is 0.0418. The van der Waals surface area contributed by atoms with Crippen LogP contribution in [0.4, 0.5) is 0 Å². The summed E-state index contributed by atoms with van der Waals surface area (Å²) in [5.41, 5.74) is 8.44. The van der Waals surface area contributed by atoms with E-state index < -0.39 is 6.23 Å².